The van der Waals surface area contributed by atoms with Gasteiger partial charge in [-0.15, -0.1) is 0 Å². The molecule has 2 heteroatoms. The van der Waals surface area contributed by atoms with E-state index in [9.17, 15) is 0 Å². The van der Waals surface area contributed by atoms with Gasteiger partial charge in [-0.25, -0.2) is 0 Å². The molecular weight excluding hydrogens is 234 g/mol. The molecule has 0 atom stereocenters. The molecule has 0 unspecified atom stereocenters. The van der Waals surface area contributed by atoms with E-state index < -0.39 is 0 Å². The van der Waals surface area contributed by atoms with Crippen molar-refractivity contribution < 1.29 is 4.74 Å². The van der Waals surface area contributed by atoms with E-state index in [2.05, 4.69) is 5.32 Å². The molecule has 0 saturated heterocycles. The van der Waals surface area contributed by atoms with Crippen molar-refractivity contribution in [2.24, 2.45) is 0 Å². The topological polar surface area (TPSA) is 21.3 Å². The number of nitrogens with one attached hydrogen (secondary N) is 1. The Morgan fingerprint density at radius 1 is 0.947 bits per heavy atom. The minimum absolute atomic E-state index is 0.776. The van der Waals surface area contributed by atoms with Gasteiger partial charge in [0.1, 0.15) is 5.75 Å². The second kappa shape index (κ2) is 8.98. The third kappa shape index (κ3) is 6.11. The third-order valence-corrected chi connectivity index (χ3v) is 3.87. The summed E-state index contributed by atoms with van der Waals surface area (Å²) >= 11 is 0. The van der Waals surface area contributed by atoms with E-state index in [1.54, 1.807) is 0 Å². The van der Waals surface area contributed by atoms with Crippen LogP contribution in [0.5, 0.6) is 5.75 Å². The van der Waals surface area contributed by atoms with Crippen LogP contribution in [0.1, 0.15) is 51.4 Å². The van der Waals surface area contributed by atoms with Gasteiger partial charge < -0.3 is 10.1 Å². The molecule has 1 aliphatic rings. The molecule has 0 spiro atoms. The largest absolute Gasteiger partial charge is 0.494 e. The van der Waals surface area contributed by atoms with Crippen molar-refractivity contribution in [3.05, 3.63) is 30.3 Å². The van der Waals surface area contributed by atoms with Gasteiger partial charge in [0.25, 0.3) is 0 Å². The SMILES string of the molecule is c1ccc(OCCCCNC2CCCCCC2)cc1. The predicted octanol–water partition coefficient (Wildman–Crippen LogP) is 4.16. The van der Waals surface area contributed by atoms with E-state index in [1.165, 1.54) is 44.9 Å². The summed E-state index contributed by atoms with van der Waals surface area (Å²) in [4.78, 5) is 0. The highest BCUT2D eigenvalue weighted by atomic mass is 16.5. The molecule has 2 rings (SSSR count). The molecule has 1 saturated carbocycles. The Labute approximate surface area is 117 Å². The zero-order chi connectivity index (χ0) is 13.2. The summed E-state index contributed by atoms with van der Waals surface area (Å²) in [5, 5.41) is 3.70. The number of rotatable bonds is 7. The molecule has 2 nitrogen and oxygen atoms in total. The minimum Gasteiger partial charge on any atom is -0.494 e. The molecule has 19 heavy (non-hydrogen) atoms. The second-order valence-corrected chi connectivity index (χ2v) is 5.51. The molecule has 0 amide bonds. The maximum Gasteiger partial charge on any atom is 0.119 e. The van der Waals surface area contributed by atoms with Crippen LogP contribution in [0.3, 0.4) is 0 Å². The fourth-order valence-electron chi connectivity index (χ4n) is 2.72. The molecule has 106 valence electrons. The zero-order valence-electron chi connectivity index (χ0n) is 11.9. The van der Waals surface area contributed by atoms with E-state index >= 15 is 0 Å². The normalized spacial score (nSPS) is 17.1. The number of benzene rings is 1. The zero-order valence-corrected chi connectivity index (χ0v) is 11.9. The molecule has 1 aliphatic carbocycles. The Kier molecular flexibility index (Phi) is 6.80. The highest BCUT2D eigenvalue weighted by molar-refractivity contribution is 5.20. The maximum atomic E-state index is 5.69. The maximum absolute atomic E-state index is 5.69. The van der Waals surface area contributed by atoms with E-state index in [0.717, 1.165) is 31.4 Å². The lowest BCUT2D eigenvalue weighted by atomic mass is 10.1. The molecule has 1 N–H and O–H groups in total. The summed E-state index contributed by atoms with van der Waals surface area (Å²) in [7, 11) is 0. The fraction of sp³-hybridized carbons (Fsp3) is 0.647. The van der Waals surface area contributed by atoms with Crippen LogP contribution in [-0.4, -0.2) is 19.2 Å². The van der Waals surface area contributed by atoms with Gasteiger partial charge in [-0.2, -0.15) is 0 Å². The van der Waals surface area contributed by atoms with Crippen LogP contribution in [0.25, 0.3) is 0 Å². The Bertz CT molecular complexity index is 317. The standard InChI is InChI=1S/C17H27NO/c1-2-5-11-16(10-4-1)18-14-8-9-15-19-17-12-6-3-7-13-17/h3,6-7,12-13,16,18H,1-2,4-5,8-11,14-15H2. The fourth-order valence-corrected chi connectivity index (χ4v) is 2.72. The van der Waals surface area contributed by atoms with Crippen LogP contribution in [0.15, 0.2) is 30.3 Å². The molecule has 0 heterocycles. The number of ether oxygens (including phenoxy) is 1. The Hall–Kier alpha value is -1.02. The van der Waals surface area contributed by atoms with Crippen molar-refractivity contribution in [3.8, 4) is 5.75 Å². The van der Waals surface area contributed by atoms with E-state index in [4.69, 9.17) is 4.74 Å². The molecule has 1 aromatic rings. The smallest absolute Gasteiger partial charge is 0.119 e. The van der Waals surface area contributed by atoms with Gasteiger partial charge in [-0.3, -0.25) is 0 Å². The van der Waals surface area contributed by atoms with Crippen molar-refractivity contribution >= 4 is 0 Å². The first-order valence-electron chi connectivity index (χ1n) is 7.86. The average Bonchev–Trinajstić information content (AvgIpc) is 2.72. The molecule has 0 aliphatic heterocycles. The van der Waals surface area contributed by atoms with Crippen LogP contribution in [0.4, 0.5) is 0 Å². The highest BCUT2D eigenvalue weighted by Gasteiger charge is 2.10. The van der Waals surface area contributed by atoms with Crippen molar-refractivity contribution in [3.63, 3.8) is 0 Å². The van der Waals surface area contributed by atoms with Crippen molar-refractivity contribution in [2.75, 3.05) is 13.2 Å². The lowest BCUT2D eigenvalue weighted by molar-refractivity contribution is 0.303. The summed E-state index contributed by atoms with van der Waals surface area (Å²) in [5.74, 6) is 0.985. The van der Waals surface area contributed by atoms with Crippen molar-refractivity contribution in [1.29, 1.82) is 0 Å². The second-order valence-electron chi connectivity index (χ2n) is 5.51. The summed E-state index contributed by atoms with van der Waals surface area (Å²) in [6, 6.07) is 10.9. The molecule has 0 aromatic heterocycles. The summed E-state index contributed by atoms with van der Waals surface area (Å²) in [5.41, 5.74) is 0. The van der Waals surface area contributed by atoms with Gasteiger partial charge in [-0.05, 0) is 44.4 Å². The number of para-hydroxylation sites is 1. The van der Waals surface area contributed by atoms with E-state index in [1.807, 2.05) is 30.3 Å². The first kappa shape index (κ1) is 14.4. The number of hydrogen-bond donors (Lipinski definition) is 1. The van der Waals surface area contributed by atoms with Gasteiger partial charge in [0.2, 0.25) is 0 Å². The van der Waals surface area contributed by atoms with Gasteiger partial charge in [-0.1, -0.05) is 43.9 Å². The third-order valence-electron chi connectivity index (χ3n) is 3.87. The van der Waals surface area contributed by atoms with Crippen LogP contribution >= 0.6 is 0 Å². The number of hydrogen-bond acceptors (Lipinski definition) is 2. The van der Waals surface area contributed by atoms with Crippen molar-refractivity contribution in [1.82, 2.24) is 5.32 Å². The van der Waals surface area contributed by atoms with Gasteiger partial charge in [0.05, 0.1) is 6.61 Å². The molecule has 0 radical (unpaired) electrons. The van der Waals surface area contributed by atoms with Gasteiger partial charge in [0, 0.05) is 6.04 Å². The Morgan fingerprint density at radius 2 is 1.68 bits per heavy atom. The van der Waals surface area contributed by atoms with Crippen LogP contribution in [-0.2, 0) is 0 Å². The van der Waals surface area contributed by atoms with E-state index in [-0.39, 0.29) is 0 Å². The van der Waals surface area contributed by atoms with Crippen LogP contribution in [0, 0.1) is 0 Å². The molecule has 1 aromatic carbocycles. The molecular formula is C17H27NO. The first-order chi connectivity index (χ1) is 9.45. The van der Waals surface area contributed by atoms with E-state index in [0.29, 0.717) is 0 Å². The Morgan fingerprint density at radius 3 is 2.42 bits per heavy atom. The predicted molar refractivity (Wildman–Crippen MR) is 80.7 cm³/mol. The van der Waals surface area contributed by atoms with Gasteiger partial charge in [0.15, 0.2) is 0 Å². The first-order valence-corrected chi connectivity index (χ1v) is 7.86. The summed E-state index contributed by atoms with van der Waals surface area (Å²) in [6.45, 7) is 1.97. The lowest BCUT2D eigenvalue weighted by Crippen LogP contribution is -2.29. The monoisotopic (exact) mass is 261 g/mol. The summed E-state index contributed by atoms with van der Waals surface area (Å²) < 4.78 is 5.69. The highest BCUT2D eigenvalue weighted by Crippen LogP contribution is 2.17. The van der Waals surface area contributed by atoms with Crippen molar-refractivity contribution in [2.45, 2.75) is 57.4 Å². The lowest BCUT2D eigenvalue weighted by Gasteiger charge is -2.16. The summed E-state index contributed by atoms with van der Waals surface area (Å²) in [6.07, 6.45) is 10.8. The Balaban J connectivity index is 1.48. The molecule has 0 bridgehead atoms. The molecule has 1 fully saturated rings. The van der Waals surface area contributed by atoms with Crippen LogP contribution < -0.4 is 10.1 Å². The minimum atomic E-state index is 0.776. The van der Waals surface area contributed by atoms with Crippen LogP contribution in [0.2, 0.25) is 0 Å². The van der Waals surface area contributed by atoms with Gasteiger partial charge >= 0.3 is 0 Å². The average molecular weight is 261 g/mol. The quantitative estimate of drug-likeness (QED) is 0.588. The number of unbranched alkanes of at least 4 members (excludes halogenated alkanes) is 1.